The Morgan fingerprint density at radius 1 is 1.47 bits per heavy atom. The molecule has 1 aromatic heterocycles. The summed E-state index contributed by atoms with van der Waals surface area (Å²) in [5.41, 5.74) is 7.66. The van der Waals surface area contributed by atoms with Gasteiger partial charge in [-0.05, 0) is 12.0 Å². The first-order valence-corrected chi connectivity index (χ1v) is 7.20. The van der Waals surface area contributed by atoms with E-state index in [2.05, 4.69) is 32.6 Å². The van der Waals surface area contributed by atoms with E-state index >= 15 is 0 Å². The Kier molecular flexibility index (Phi) is 3.57. The number of nitrogens with two attached hydrogens (primary N) is 1. The van der Waals surface area contributed by atoms with Gasteiger partial charge in [0.25, 0.3) is 0 Å². The highest BCUT2D eigenvalue weighted by Crippen LogP contribution is 2.35. The van der Waals surface area contributed by atoms with Gasteiger partial charge in [-0.1, -0.05) is 27.7 Å². The fourth-order valence-corrected chi connectivity index (χ4v) is 3.44. The zero-order chi connectivity index (χ0) is 12.6. The van der Waals surface area contributed by atoms with Crippen molar-refractivity contribution in [2.45, 2.75) is 46.7 Å². The van der Waals surface area contributed by atoms with Crippen molar-refractivity contribution in [1.82, 2.24) is 9.88 Å². The molecule has 2 N–H and O–H groups in total. The van der Waals surface area contributed by atoms with Gasteiger partial charge in [-0.25, -0.2) is 4.98 Å². The molecule has 1 atom stereocenters. The number of fused-ring (bicyclic) bond motifs is 1. The van der Waals surface area contributed by atoms with E-state index in [1.165, 1.54) is 10.6 Å². The molecule has 1 unspecified atom stereocenters. The number of rotatable bonds is 2. The maximum absolute atomic E-state index is 6.29. The van der Waals surface area contributed by atoms with Crippen molar-refractivity contribution in [3.8, 4) is 0 Å². The highest BCUT2D eigenvalue weighted by Gasteiger charge is 2.28. The molecule has 0 saturated heterocycles. The Morgan fingerprint density at radius 2 is 2.18 bits per heavy atom. The summed E-state index contributed by atoms with van der Waals surface area (Å²) in [5, 5.41) is 1.11. The number of thiazole rings is 1. The summed E-state index contributed by atoms with van der Waals surface area (Å²) in [7, 11) is 0. The second-order valence-electron chi connectivity index (χ2n) is 5.88. The van der Waals surface area contributed by atoms with Crippen LogP contribution in [0, 0.1) is 5.41 Å². The molecule has 0 radical (unpaired) electrons. The molecule has 0 aromatic carbocycles. The number of aromatic nitrogens is 1. The topological polar surface area (TPSA) is 42.2 Å². The summed E-state index contributed by atoms with van der Waals surface area (Å²) < 4.78 is 0. The van der Waals surface area contributed by atoms with E-state index in [9.17, 15) is 0 Å². The van der Waals surface area contributed by atoms with Gasteiger partial charge in [0.1, 0.15) is 5.01 Å². The molecule has 0 saturated carbocycles. The van der Waals surface area contributed by atoms with Crippen LogP contribution in [-0.2, 0) is 13.0 Å². The Hall–Kier alpha value is -0.450. The first-order valence-electron chi connectivity index (χ1n) is 6.38. The molecule has 1 aliphatic heterocycles. The molecule has 0 amide bonds. The maximum Gasteiger partial charge on any atom is 0.110 e. The minimum atomic E-state index is 0.0492. The largest absolute Gasteiger partial charge is 0.322 e. The van der Waals surface area contributed by atoms with E-state index in [-0.39, 0.29) is 11.5 Å². The van der Waals surface area contributed by atoms with E-state index in [1.807, 2.05) is 11.3 Å². The summed E-state index contributed by atoms with van der Waals surface area (Å²) in [4.78, 5) is 8.64. The molecule has 2 heterocycles. The smallest absolute Gasteiger partial charge is 0.110 e. The number of likely N-dealkylation sites (N-methyl/N-ethyl adjacent to an activating group) is 1. The van der Waals surface area contributed by atoms with E-state index < -0.39 is 0 Å². The SMILES string of the molecule is CCN1CCc2nc(C(N)C(C)(C)C)sc2C1. The molecule has 1 aliphatic rings. The minimum Gasteiger partial charge on any atom is -0.322 e. The van der Waals surface area contributed by atoms with Crippen molar-refractivity contribution in [3.63, 3.8) is 0 Å². The number of nitrogens with zero attached hydrogens (tertiary/aromatic N) is 2. The van der Waals surface area contributed by atoms with Gasteiger partial charge in [0.05, 0.1) is 11.7 Å². The van der Waals surface area contributed by atoms with Crippen molar-refractivity contribution in [2.24, 2.45) is 11.1 Å². The average molecular weight is 253 g/mol. The van der Waals surface area contributed by atoms with Crippen molar-refractivity contribution in [1.29, 1.82) is 0 Å². The van der Waals surface area contributed by atoms with Crippen LogP contribution in [0.15, 0.2) is 0 Å². The Balaban J connectivity index is 2.21. The Morgan fingerprint density at radius 3 is 2.76 bits per heavy atom. The van der Waals surface area contributed by atoms with E-state index in [0.717, 1.165) is 31.1 Å². The molecular formula is C13H23N3S. The fraction of sp³-hybridized carbons (Fsp3) is 0.769. The second-order valence-corrected chi connectivity index (χ2v) is 7.00. The predicted molar refractivity (Wildman–Crippen MR) is 73.2 cm³/mol. The normalized spacial score (nSPS) is 19.1. The lowest BCUT2D eigenvalue weighted by Crippen LogP contribution is -2.29. The van der Waals surface area contributed by atoms with E-state index in [0.29, 0.717) is 0 Å². The van der Waals surface area contributed by atoms with Crippen LogP contribution in [0.2, 0.25) is 0 Å². The summed E-state index contributed by atoms with van der Waals surface area (Å²) in [6, 6.07) is 0.0492. The van der Waals surface area contributed by atoms with Crippen molar-refractivity contribution >= 4 is 11.3 Å². The third-order valence-electron chi connectivity index (χ3n) is 3.47. The van der Waals surface area contributed by atoms with Gasteiger partial charge >= 0.3 is 0 Å². The van der Waals surface area contributed by atoms with Crippen LogP contribution in [-0.4, -0.2) is 23.0 Å². The third kappa shape index (κ3) is 2.69. The van der Waals surface area contributed by atoms with Crippen molar-refractivity contribution in [3.05, 3.63) is 15.6 Å². The van der Waals surface area contributed by atoms with Crippen LogP contribution in [0.1, 0.15) is 49.3 Å². The van der Waals surface area contributed by atoms with Crippen molar-refractivity contribution in [2.75, 3.05) is 13.1 Å². The van der Waals surface area contributed by atoms with Crippen LogP contribution in [0.5, 0.6) is 0 Å². The first kappa shape index (κ1) is 13.0. The summed E-state index contributed by atoms with van der Waals surface area (Å²) in [5.74, 6) is 0. The first-order chi connectivity index (χ1) is 7.91. The van der Waals surface area contributed by atoms with Gasteiger partial charge < -0.3 is 5.73 Å². The third-order valence-corrected chi connectivity index (χ3v) is 4.64. The standard InChI is InChI=1S/C13H23N3S/c1-5-16-7-6-9-10(8-16)17-12(15-9)11(14)13(2,3)4/h11H,5-8,14H2,1-4H3. The number of hydrogen-bond acceptors (Lipinski definition) is 4. The Labute approximate surface area is 108 Å². The molecule has 0 aliphatic carbocycles. The molecule has 0 spiro atoms. The van der Waals surface area contributed by atoms with Gasteiger partial charge in [-0.15, -0.1) is 11.3 Å². The Bertz CT molecular complexity index is 392. The van der Waals surface area contributed by atoms with Crippen LogP contribution in [0.4, 0.5) is 0 Å². The van der Waals surface area contributed by atoms with Crippen LogP contribution < -0.4 is 5.73 Å². The number of hydrogen-bond donors (Lipinski definition) is 1. The average Bonchev–Trinajstić information content (AvgIpc) is 2.68. The van der Waals surface area contributed by atoms with Gasteiger partial charge in [0.15, 0.2) is 0 Å². The monoisotopic (exact) mass is 253 g/mol. The quantitative estimate of drug-likeness (QED) is 0.881. The highest BCUT2D eigenvalue weighted by molar-refractivity contribution is 7.11. The lowest BCUT2D eigenvalue weighted by molar-refractivity contribution is 0.269. The fourth-order valence-electron chi connectivity index (χ4n) is 2.04. The van der Waals surface area contributed by atoms with Gasteiger partial charge in [0.2, 0.25) is 0 Å². The molecule has 3 nitrogen and oxygen atoms in total. The van der Waals surface area contributed by atoms with Crippen molar-refractivity contribution < 1.29 is 0 Å². The molecule has 96 valence electrons. The van der Waals surface area contributed by atoms with Gasteiger partial charge in [-0.2, -0.15) is 0 Å². The van der Waals surface area contributed by atoms with Crippen LogP contribution >= 0.6 is 11.3 Å². The maximum atomic E-state index is 6.29. The zero-order valence-corrected chi connectivity index (χ0v) is 12.1. The minimum absolute atomic E-state index is 0.0492. The lowest BCUT2D eigenvalue weighted by atomic mass is 9.88. The summed E-state index contributed by atoms with van der Waals surface area (Å²) in [6.45, 7) is 12.1. The molecule has 0 bridgehead atoms. The summed E-state index contributed by atoms with van der Waals surface area (Å²) >= 11 is 1.81. The van der Waals surface area contributed by atoms with E-state index in [1.54, 1.807) is 0 Å². The molecule has 0 fully saturated rings. The lowest BCUT2D eigenvalue weighted by Gasteiger charge is -2.24. The van der Waals surface area contributed by atoms with Gasteiger partial charge in [0, 0.05) is 24.4 Å². The molecule has 2 rings (SSSR count). The molecule has 1 aromatic rings. The van der Waals surface area contributed by atoms with Gasteiger partial charge in [-0.3, -0.25) is 4.90 Å². The van der Waals surface area contributed by atoms with E-state index in [4.69, 9.17) is 10.7 Å². The van der Waals surface area contributed by atoms with Crippen LogP contribution in [0.25, 0.3) is 0 Å². The van der Waals surface area contributed by atoms with Crippen LogP contribution in [0.3, 0.4) is 0 Å². The summed E-state index contributed by atoms with van der Waals surface area (Å²) in [6.07, 6.45) is 1.08. The highest BCUT2D eigenvalue weighted by atomic mass is 32.1. The zero-order valence-electron chi connectivity index (χ0n) is 11.3. The predicted octanol–water partition coefficient (Wildman–Crippen LogP) is 2.57. The molecule has 4 heteroatoms. The second kappa shape index (κ2) is 4.67. The molecular weight excluding hydrogens is 230 g/mol. The molecule has 17 heavy (non-hydrogen) atoms.